The first-order valence-electron chi connectivity index (χ1n) is 23.8. The first-order chi connectivity index (χ1) is 35.8. The Morgan fingerprint density at radius 1 is 0.514 bits per heavy atom. The van der Waals surface area contributed by atoms with Gasteiger partial charge in [-0.15, -0.1) is 0 Å². The number of carbonyl (C=O) groups is 7. The molecule has 0 bridgehead atoms. The molecule has 4 amide bonds. The van der Waals surface area contributed by atoms with Crippen LogP contribution in [0.3, 0.4) is 0 Å². The number of nitrogens with one attached hydrogen (secondary N) is 2. The van der Waals surface area contributed by atoms with E-state index in [-0.39, 0.29) is 42.1 Å². The van der Waals surface area contributed by atoms with E-state index in [2.05, 4.69) is 10.9 Å². The van der Waals surface area contributed by atoms with Crippen LogP contribution in [0.5, 0.6) is 0 Å². The van der Waals surface area contributed by atoms with Gasteiger partial charge in [-0.1, -0.05) is 115 Å². The molecule has 20 heteroatoms. The average Bonchev–Trinajstić information content (AvgIpc) is 3.78. The molecule has 0 saturated carbocycles. The minimum absolute atomic E-state index is 0.0477. The highest BCUT2D eigenvalue weighted by atomic mass is 32.2. The quantitative estimate of drug-likeness (QED) is 0.0618. The van der Waals surface area contributed by atoms with Crippen LogP contribution in [0.2, 0.25) is 0 Å². The summed E-state index contributed by atoms with van der Waals surface area (Å²) in [5.74, 6) is -5.21. The summed E-state index contributed by atoms with van der Waals surface area (Å²) in [4.78, 5) is 95.7. The zero-order valence-electron chi connectivity index (χ0n) is 40.3. The van der Waals surface area contributed by atoms with Gasteiger partial charge in [0.25, 0.3) is 23.6 Å². The first kappa shape index (κ1) is 51.7. The fourth-order valence-electron chi connectivity index (χ4n) is 9.13. The molecule has 0 aromatic heterocycles. The topological polar surface area (TPSA) is 224 Å². The molecule has 74 heavy (non-hydrogen) atoms. The third-order valence-corrected chi connectivity index (χ3v) is 13.6. The molecule has 2 N–H and O–H groups in total. The van der Waals surface area contributed by atoms with Crippen LogP contribution >= 0.6 is 11.8 Å². The number of hydrogen-bond acceptors (Lipinski definition) is 18. The number of hydrazine groups is 2. The lowest BCUT2D eigenvalue weighted by Gasteiger charge is -2.50. The normalized spacial score (nSPS) is 25.3. The zero-order valence-corrected chi connectivity index (χ0v) is 41.1. The summed E-state index contributed by atoms with van der Waals surface area (Å²) in [7, 11) is 0. The van der Waals surface area contributed by atoms with Gasteiger partial charge in [0.1, 0.15) is 42.5 Å². The summed E-state index contributed by atoms with van der Waals surface area (Å²) in [6, 6.07) is 37.7. The van der Waals surface area contributed by atoms with Crippen LogP contribution in [0.15, 0.2) is 144 Å². The highest BCUT2D eigenvalue weighted by Crippen LogP contribution is 2.40. The predicted octanol–water partition coefficient (Wildman–Crippen LogP) is 5.18. The summed E-state index contributed by atoms with van der Waals surface area (Å²) in [6.07, 6.45) is -9.98. The second-order valence-corrected chi connectivity index (χ2v) is 18.8. The Balaban J connectivity index is 1.17. The number of fused-ring (bicyclic) bond motifs is 2. The van der Waals surface area contributed by atoms with Crippen LogP contribution in [-0.4, -0.2) is 125 Å². The van der Waals surface area contributed by atoms with Crippen molar-refractivity contribution in [3.63, 3.8) is 0 Å². The van der Waals surface area contributed by atoms with Crippen LogP contribution in [0.1, 0.15) is 73.3 Å². The Labute approximate surface area is 429 Å². The van der Waals surface area contributed by atoms with Gasteiger partial charge in [0.05, 0.1) is 48.1 Å². The minimum Gasteiger partial charge on any atom is -0.463 e. The standard InChI is InChI=1S/C54H52N4O15S/c1-31(59)67-30-42-46(69-32(2)60)48(70-33(3)61)43(55-57-49(62)37-23-13-14-24-38(37)50(57)63)53(71-42)73-45-41(29-66-27-34-17-7-4-8-18-34)72-54(74-36-21-11-6-12-22-36)44(47(45)68-28-35-19-9-5-10-20-35)56-58-51(64)39-25-15-16-26-40(39)52(58)65/h4-26,41-48,53-56H,27-30H2,1-3H3/t41-,42-,43-,44-,45-,46-,47-,48-,53+,54+/m1/s1. The average molecular weight is 1030 g/mol. The number of nitrogens with zero attached hydrogens (tertiary/aromatic N) is 2. The number of rotatable bonds is 19. The molecule has 2 saturated heterocycles. The van der Waals surface area contributed by atoms with Gasteiger partial charge in [-0.05, 0) is 47.5 Å². The summed E-state index contributed by atoms with van der Waals surface area (Å²) < 4.78 is 51.4. The summed E-state index contributed by atoms with van der Waals surface area (Å²) in [6.45, 7) is 2.74. The Bertz CT molecular complexity index is 2790. The molecule has 5 aromatic rings. The van der Waals surface area contributed by atoms with Gasteiger partial charge in [0.15, 0.2) is 18.5 Å². The molecule has 4 heterocycles. The molecule has 0 radical (unpaired) electrons. The van der Waals surface area contributed by atoms with Crippen molar-refractivity contribution in [1.29, 1.82) is 0 Å². The molecule has 0 spiro atoms. The number of carbonyl (C=O) groups excluding carboxylic acids is 7. The van der Waals surface area contributed by atoms with Crippen LogP contribution in [0.25, 0.3) is 0 Å². The molecule has 5 aromatic carbocycles. The number of thioether (sulfide) groups is 1. The van der Waals surface area contributed by atoms with Crippen molar-refractivity contribution in [3.8, 4) is 0 Å². The highest BCUT2D eigenvalue weighted by Gasteiger charge is 2.57. The van der Waals surface area contributed by atoms with Crippen molar-refractivity contribution in [2.24, 2.45) is 0 Å². The highest BCUT2D eigenvalue weighted by molar-refractivity contribution is 7.99. The van der Waals surface area contributed by atoms with E-state index in [4.69, 9.17) is 37.9 Å². The first-order valence-corrected chi connectivity index (χ1v) is 24.6. The van der Waals surface area contributed by atoms with Crippen LogP contribution in [0, 0.1) is 0 Å². The lowest BCUT2D eigenvalue weighted by Crippen LogP contribution is -2.71. The second-order valence-electron chi connectivity index (χ2n) is 17.6. The fraction of sp³-hybridized carbons (Fsp3) is 0.315. The number of imide groups is 2. The number of benzene rings is 5. The third-order valence-electron chi connectivity index (χ3n) is 12.5. The van der Waals surface area contributed by atoms with E-state index in [9.17, 15) is 33.6 Å². The molecule has 19 nitrogen and oxygen atoms in total. The molecule has 4 aliphatic rings. The Morgan fingerprint density at radius 3 is 1.49 bits per heavy atom. The second kappa shape index (κ2) is 23.4. The van der Waals surface area contributed by atoms with Gasteiger partial charge < -0.3 is 37.9 Å². The SMILES string of the molecule is CC(=O)OC[C@H]1O[C@@H](O[C@H]2[C@H](OCc3ccccc3)[C@@H](NN3C(=O)c4ccccc4C3=O)[C@H](Sc3ccccc3)O[C@@H]2COCc2ccccc2)[C@H](NN2C(=O)c3ccccc3C2=O)[C@@H](OC(C)=O)[C@@H]1OC(C)=O. The van der Waals surface area contributed by atoms with E-state index >= 15 is 0 Å². The Hall–Kier alpha value is -7.14. The maximum Gasteiger partial charge on any atom is 0.303 e. The van der Waals surface area contributed by atoms with Gasteiger partial charge in [0, 0.05) is 25.7 Å². The van der Waals surface area contributed by atoms with E-state index in [0.717, 1.165) is 46.8 Å². The molecule has 10 atom stereocenters. The van der Waals surface area contributed by atoms with Gasteiger partial charge in [-0.3, -0.25) is 33.6 Å². The minimum atomic E-state index is -1.73. The molecule has 4 aliphatic heterocycles. The van der Waals surface area contributed by atoms with Gasteiger partial charge >= 0.3 is 17.9 Å². The zero-order chi connectivity index (χ0) is 51.9. The van der Waals surface area contributed by atoms with Gasteiger partial charge in [-0.25, -0.2) is 20.9 Å². The van der Waals surface area contributed by atoms with Crippen molar-refractivity contribution >= 4 is 53.3 Å². The van der Waals surface area contributed by atoms with E-state index < -0.39 is 109 Å². The molecule has 2 fully saturated rings. The Morgan fingerprint density at radius 2 is 0.973 bits per heavy atom. The van der Waals surface area contributed by atoms with E-state index in [1.807, 2.05) is 91.0 Å². The van der Waals surface area contributed by atoms with Crippen LogP contribution < -0.4 is 10.9 Å². The number of hydrogen-bond donors (Lipinski definition) is 2. The van der Waals surface area contributed by atoms with E-state index in [1.54, 1.807) is 36.4 Å². The fourth-order valence-corrected chi connectivity index (χ4v) is 10.3. The number of amides is 4. The van der Waals surface area contributed by atoms with Crippen LogP contribution in [-0.2, 0) is 65.5 Å². The largest absolute Gasteiger partial charge is 0.463 e. The van der Waals surface area contributed by atoms with Crippen molar-refractivity contribution in [3.05, 3.63) is 173 Å². The summed E-state index contributed by atoms with van der Waals surface area (Å²) in [5, 5.41) is 1.64. The van der Waals surface area contributed by atoms with Crippen molar-refractivity contribution in [2.75, 3.05) is 13.2 Å². The molecule has 0 aliphatic carbocycles. The van der Waals surface area contributed by atoms with E-state index in [0.29, 0.717) is 0 Å². The lowest BCUT2D eigenvalue weighted by molar-refractivity contribution is -0.321. The third kappa shape index (κ3) is 11.6. The maximum atomic E-state index is 14.2. The number of ether oxygens (including phenoxy) is 8. The molecule has 9 rings (SSSR count). The van der Waals surface area contributed by atoms with Crippen molar-refractivity contribution < 1.29 is 71.5 Å². The lowest BCUT2D eigenvalue weighted by atomic mass is 9.94. The monoisotopic (exact) mass is 1030 g/mol. The van der Waals surface area contributed by atoms with Gasteiger partial charge in [-0.2, -0.15) is 0 Å². The molecule has 384 valence electrons. The molecule has 0 unspecified atom stereocenters. The summed E-state index contributed by atoms with van der Waals surface area (Å²) >= 11 is 1.28. The van der Waals surface area contributed by atoms with Gasteiger partial charge in [0.2, 0.25) is 0 Å². The maximum absolute atomic E-state index is 14.2. The predicted molar refractivity (Wildman–Crippen MR) is 261 cm³/mol. The Kier molecular flexibility index (Phi) is 16.3. The molecular weight excluding hydrogens is 977 g/mol. The summed E-state index contributed by atoms with van der Waals surface area (Å²) in [5.41, 5.74) is 7.20. The van der Waals surface area contributed by atoms with Crippen molar-refractivity contribution in [2.45, 2.75) is 99.3 Å². The smallest absolute Gasteiger partial charge is 0.303 e. The molecular formula is C54H52N4O15S. The van der Waals surface area contributed by atoms with Crippen molar-refractivity contribution in [1.82, 2.24) is 20.9 Å². The van der Waals surface area contributed by atoms with Crippen LogP contribution in [0.4, 0.5) is 0 Å². The van der Waals surface area contributed by atoms with E-state index in [1.165, 1.54) is 23.9 Å². The number of esters is 3.